The monoisotopic (exact) mass is 373 g/mol. The van der Waals surface area contributed by atoms with E-state index in [1.54, 1.807) is 18.9 Å². The van der Waals surface area contributed by atoms with Crippen molar-refractivity contribution in [3.05, 3.63) is 35.5 Å². The van der Waals surface area contributed by atoms with E-state index in [0.29, 0.717) is 30.0 Å². The molecule has 0 radical (unpaired) electrons. The number of carbonyl (C=O) groups excluding carboxylic acids is 1. The first kappa shape index (κ1) is 16.9. The van der Waals surface area contributed by atoms with Crippen molar-refractivity contribution in [2.75, 3.05) is 19.0 Å². The number of aryl methyl sites for hydroxylation is 1. The van der Waals surface area contributed by atoms with Crippen LogP contribution >= 0.6 is 11.3 Å². The van der Waals surface area contributed by atoms with Crippen LogP contribution in [0.5, 0.6) is 0 Å². The number of carbonyl (C=O) groups is 1. The van der Waals surface area contributed by atoms with Crippen molar-refractivity contribution in [2.24, 2.45) is 0 Å². The number of amides is 2. The van der Waals surface area contributed by atoms with Gasteiger partial charge in [-0.2, -0.15) is 4.98 Å². The van der Waals surface area contributed by atoms with Crippen molar-refractivity contribution in [3.8, 4) is 0 Å². The van der Waals surface area contributed by atoms with Gasteiger partial charge in [-0.1, -0.05) is 28.6 Å². The summed E-state index contributed by atoms with van der Waals surface area (Å²) in [6.45, 7) is 2.89. The van der Waals surface area contributed by atoms with Crippen molar-refractivity contribution in [1.82, 2.24) is 20.0 Å². The molecule has 4 rings (SSSR count). The average molecular weight is 373 g/mol. The van der Waals surface area contributed by atoms with Crippen LogP contribution < -0.4 is 5.32 Å². The van der Waals surface area contributed by atoms with E-state index < -0.39 is 0 Å². The van der Waals surface area contributed by atoms with Crippen LogP contribution in [0.2, 0.25) is 0 Å². The van der Waals surface area contributed by atoms with Gasteiger partial charge in [0.15, 0.2) is 11.0 Å². The predicted molar refractivity (Wildman–Crippen MR) is 97.1 cm³/mol. The van der Waals surface area contributed by atoms with Crippen molar-refractivity contribution in [2.45, 2.75) is 32.4 Å². The van der Waals surface area contributed by atoms with Crippen molar-refractivity contribution >= 4 is 32.7 Å². The maximum absolute atomic E-state index is 12.8. The number of ether oxygens (including phenoxy) is 1. The fourth-order valence-corrected chi connectivity index (χ4v) is 4.13. The molecular formula is C17H19N5O3S. The first-order valence-corrected chi connectivity index (χ1v) is 9.22. The molecule has 0 spiro atoms. The van der Waals surface area contributed by atoms with Crippen molar-refractivity contribution < 1.29 is 14.1 Å². The van der Waals surface area contributed by atoms with Crippen LogP contribution in [0.1, 0.15) is 36.2 Å². The van der Waals surface area contributed by atoms with E-state index in [9.17, 15) is 4.79 Å². The second kappa shape index (κ2) is 7.00. The Morgan fingerprint density at radius 1 is 1.46 bits per heavy atom. The lowest BCUT2D eigenvalue weighted by atomic mass is 10.2. The van der Waals surface area contributed by atoms with Crippen LogP contribution in [-0.4, -0.2) is 39.7 Å². The summed E-state index contributed by atoms with van der Waals surface area (Å²) in [6.07, 6.45) is 1.73. The quantitative estimate of drug-likeness (QED) is 0.752. The maximum Gasteiger partial charge on any atom is 0.324 e. The highest BCUT2D eigenvalue weighted by Gasteiger charge is 2.33. The number of nitrogens with one attached hydrogen (secondary N) is 1. The molecule has 1 N–H and O–H groups in total. The molecule has 3 heterocycles. The number of anilines is 1. The van der Waals surface area contributed by atoms with Crippen LogP contribution in [-0.2, 0) is 11.3 Å². The lowest BCUT2D eigenvalue weighted by Gasteiger charge is -2.21. The summed E-state index contributed by atoms with van der Waals surface area (Å²) in [5.41, 5.74) is 1.87. The number of benzene rings is 1. The molecule has 2 aromatic heterocycles. The highest BCUT2D eigenvalue weighted by Crippen LogP contribution is 2.32. The Kier molecular flexibility index (Phi) is 4.56. The molecule has 1 aromatic carbocycles. The number of fused-ring (bicyclic) bond motifs is 1. The number of rotatable bonds is 4. The predicted octanol–water partition coefficient (Wildman–Crippen LogP) is 3.50. The standard InChI is InChI=1S/C17H19N5O3S/c1-10-18-15(21-25-10)12-6-4-8-22(12)17(23)20-16-19-14-11(9-24-2)5-3-7-13(14)26-16/h3,5,7,12H,4,6,8-9H2,1-2H3,(H,19,20,23). The lowest BCUT2D eigenvalue weighted by molar-refractivity contribution is 0.186. The van der Waals surface area contributed by atoms with Gasteiger partial charge in [-0.25, -0.2) is 9.78 Å². The van der Waals surface area contributed by atoms with Gasteiger partial charge in [-0.15, -0.1) is 0 Å². The van der Waals surface area contributed by atoms with Gasteiger partial charge in [0.2, 0.25) is 5.89 Å². The van der Waals surface area contributed by atoms with Gasteiger partial charge < -0.3 is 14.2 Å². The van der Waals surface area contributed by atoms with Crippen LogP contribution in [0, 0.1) is 6.92 Å². The number of aromatic nitrogens is 3. The van der Waals surface area contributed by atoms with E-state index in [2.05, 4.69) is 20.4 Å². The minimum Gasteiger partial charge on any atom is -0.380 e. The second-order valence-electron chi connectivity index (χ2n) is 6.17. The van der Waals surface area contributed by atoms with Crippen molar-refractivity contribution in [3.63, 3.8) is 0 Å². The molecule has 8 nitrogen and oxygen atoms in total. The minimum absolute atomic E-state index is 0.161. The van der Waals surface area contributed by atoms with Gasteiger partial charge in [0, 0.05) is 26.1 Å². The fraction of sp³-hybridized carbons (Fsp3) is 0.412. The smallest absolute Gasteiger partial charge is 0.324 e. The molecule has 0 bridgehead atoms. The molecule has 1 unspecified atom stereocenters. The Morgan fingerprint density at radius 3 is 3.12 bits per heavy atom. The maximum atomic E-state index is 12.8. The first-order valence-electron chi connectivity index (χ1n) is 8.41. The number of urea groups is 1. The number of para-hydroxylation sites is 1. The lowest BCUT2D eigenvalue weighted by Crippen LogP contribution is -2.34. The molecule has 0 aliphatic carbocycles. The Hall–Kier alpha value is -2.52. The number of hydrogen-bond acceptors (Lipinski definition) is 7. The van der Waals surface area contributed by atoms with E-state index in [0.717, 1.165) is 28.6 Å². The van der Waals surface area contributed by atoms with Gasteiger partial charge in [0.1, 0.15) is 0 Å². The fourth-order valence-electron chi connectivity index (χ4n) is 3.22. The van der Waals surface area contributed by atoms with E-state index in [4.69, 9.17) is 9.26 Å². The van der Waals surface area contributed by atoms with Crippen molar-refractivity contribution in [1.29, 1.82) is 0 Å². The summed E-state index contributed by atoms with van der Waals surface area (Å²) in [7, 11) is 1.65. The van der Waals surface area contributed by atoms with E-state index in [-0.39, 0.29) is 12.1 Å². The molecule has 26 heavy (non-hydrogen) atoms. The summed E-state index contributed by atoms with van der Waals surface area (Å²) in [4.78, 5) is 23.4. The van der Waals surface area contributed by atoms with Crippen LogP contribution in [0.3, 0.4) is 0 Å². The summed E-state index contributed by atoms with van der Waals surface area (Å²) >= 11 is 1.45. The second-order valence-corrected chi connectivity index (χ2v) is 7.20. The third-order valence-corrected chi connectivity index (χ3v) is 5.31. The molecule has 1 aliphatic heterocycles. The average Bonchev–Trinajstić information content (AvgIpc) is 3.33. The summed E-state index contributed by atoms with van der Waals surface area (Å²) in [5, 5.41) is 7.46. The van der Waals surface area contributed by atoms with Crippen LogP contribution in [0.15, 0.2) is 22.7 Å². The Labute approximate surface area is 154 Å². The number of hydrogen-bond donors (Lipinski definition) is 1. The zero-order valence-electron chi connectivity index (χ0n) is 14.6. The van der Waals surface area contributed by atoms with Gasteiger partial charge >= 0.3 is 6.03 Å². The molecule has 0 saturated carbocycles. The zero-order valence-corrected chi connectivity index (χ0v) is 15.4. The topological polar surface area (TPSA) is 93.4 Å². The first-order chi connectivity index (χ1) is 12.7. The molecule has 136 valence electrons. The van der Waals surface area contributed by atoms with E-state index >= 15 is 0 Å². The third kappa shape index (κ3) is 3.15. The summed E-state index contributed by atoms with van der Waals surface area (Å²) in [6, 6.07) is 5.58. The van der Waals surface area contributed by atoms with Gasteiger partial charge in [-0.05, 0) is 18.9 Å². The SMILES string of the molecule is COCc1cccc2sc(NC(=O)N3CCCC3c3noc(C)n3)nc12. The third-order valence-electron chi connectivity index (χ3n) is 4.37. The largest absolute Gasteiger partial charge is 0.380 e. The zero-order chi connectivity index (χ0) is 18.1. The minimum atomic E-state index is -0.192. The molecule has 1 saturated heterocycles. The Morgan fingerprint density at radius 2 is 2.35 bits per heavy atom. The van der Waals surface area contributed by atoms with Crippen LogP contribution in [0.4, 0.5) is 9.93 Å². The molecule has 2 amide bonds. The molecule has 3 aromatic rings. The Bertz CT molecular complexity index is 938. The van der Waals surface area contributed by atoms with Gasteiger partial charge in [0.25, 0.3) is 0 Å². The van der Waals surface area contributed by atoms with E-state index in [1.807, 2.05) is 18.2 Å². The van der Waals surface area contributed by atoms with Gasteiger partial charge in [-0.3, -0.25) is 5.32 Å². The highest BCUT2D eigenvalue weighted by atomic mass is 32.1. The number of methoxy groups -OCH3 is 1. The number of likely N-dealkylation sites (tertiary alicyclic amines) is 1. The Balaban J connectivity index is 1.54. The number of thiazole rings is 1. The summed E-state index contributed by atoms with van der Waals surface area (Å²) in [5.74, 6) is 1.06. The molecule has 1 fully saturated rings. The molecular weight excluding hydrogens is 354 g/mol. The normalized spacial score (nSPS) is 17.2. The summed E-state index contributed by atoms with van der Waals surface area (Å²) < 4.78 is 11.3. The molecule has 1 atom stereocenters. The number of nitrogens with zero attached hydrogens (tertiary/aromatic N) is 4. The highest BCUT2D eigenvalue weighted by molar-refractivity contribution is 7.22. The van der Waals surface area contributed by atoms with Crippen LogP contribution in [0.25, 0.3) is 10.2 Å². The van der Waals surface area contributed by atoms with Gasteiger partial charge in [0.05, 0.1) is 22.9 Å². The van der Waals surface area contributed by atoms with E-state index in [1.165, 1.54) is 11.3 Å². The molecule has 1 aliphatic rings. The molecule has 9 heteroatoms.